The van der Waals surface area contributed by atoms with Crippen LogP contribution in [0.25, 0.3) is 22.2 Å². The number of hydrogen-bond acceptors (Lipinski definition) is 4. The molecular weight excluding hydrogens is 512 g/mol. The minimum absolute atomic E-state index is 0.0889. The molecule has 3 aromatic rings. The van der Waals surface area contributed by atoms with Crippen molar-refractivity contribution in [2.75, 3.05) is 51.7 Å². The summed E-state index contributed by atoms with van der Waals surface area (Å²) >= 11 is 0. The van der Waals surface area contributed by atoms with E-state index in [0.29, 0.717) is 11.5 Å². The zero-order valence-corrected chi connectivity index (χ0v) is 24.9. The lowest BCUT2D eigenvalue weighted by molar-refractivity contribution is -0.134. The van der Waals surface area contributed by atoms with E-state index in [0.717, 1.165) is 57.6 Å². The summed E-state index contributed by atoms with van der Waals surface area (Å²) in [6.07, 6.45) is 8.24. The monoisotopic (exact) mass is 556 g/mol. The number of fused-ring (bicyclic) bond motifs is 5. The normalized spacial score (nSPS) is 20.0. The molecule has 2 aromatic carbocycles. The van der Waals surface area contributed by atoms with Crippen molar-refractivity contribution in [1.29, 1.82) is 0 Å². The van der Waals surface area contributed by atoms with E-state index >= 15 is 0 Å². The summed E-state index contributed by atoms with van der Waals surface area (Å²) in [4.78, 5) is 31.4. The number of benzene rings is 2. The van der Waals surface area contributed by atoms with Crippen LogP contribution in [0.1, 0.15) is 72.3 Å². The highest BCUT2D eigenvalue weighted by Gasteiger charge is 2.32. The summed E-state index contributed by atoms with van der Waals surface area (Å²) < 4.78 is 2.42. The number of amides is 1. The molecule has 3 aliphatic rings. The van der Waals surface area contributed by atoms with Crippen LogP contribution in [0.3, 0.4) is 0 Å². The van der Waals surface area contributed by atoms with Crippen molar-refractivity contribution in [2.24, 2.45) is 5.92 Å². The Kier molecular flexibility index (Phi) is 7.82. The highest BCUT2D eigenvalue weighted by Crippen LogP contribution is 2.47. The summed E-state index contributed by atoms with van der Waals surface area (Å²) in [5.41, 5.74) is 7.91. The Hall–Kier alpha value is -3.32. The lowest BCUT2D eigenvalue weighted by atomic mass is 9.81. The van der Waals surface area contributed by atoms with Gasteiger partial charge in [0.25, 0.3) is 0 Å². The molecule has 1 aromatic heterocycles. The first-order valence-electron chi connectivity index (χ1n) is 15.5. The van der Waals surface area contributed by atoms with Crippen molar-refractivity contribution >= 4 is 28.5 Å². The molecule has 1 N–H and O–H groups in total. The topological polar surface area (TPSA) is 69.0 Å². The van der Waals surface area contributed by atoms with Gasteiger partial charge in [0, 0.05) is 69.0 Å². The summed E-state index contributed by atoms with van der Waals surface area (Å²) in [5, 5.41) is 11.0. The minimum Gasteiger partial charge on any atom is -0.478 e. The summed E-state index contributed by atoms with van der Waals surface area (Å²) in [6, 6.07) is 12.6. The molecular formula is C34H44N4O3. The van der Waals surface area contributed by atoms with Gasteiger partial charge in [-0.15, -0.1) is 0 Å². The number of likely N-dealkylation sites (tertiary alicyclic amines) is 1. The van der Waals surface area contributed by atoms with E-state index in [1.165, 1.54) is 65.6 Å². The Bertz CT molecular complexity index is 1450. The Balaban J connectivity index is 1.38. The average molecular weight is 557 g/mol. The predicted octanol–water partition coefficient (Wildman–Crippen LogP) is 5.98. The number of aromatic nitrogens is 1. The van der Waals surface area contributed by atoms with Crippen LogP contribution >= 0.6 is 0 Å². The van der Waals surface area contributed by atoms with Crippen molar-refractivity contribution in [3.63, 3.8) is 0 Å². The average Bonchev–Trinajstić information content (AvgIpc) is 3.21. The molecule has 6 rings (SSSR count). The maximum Gasteiger partial charge on any atom is 0.335 e. The van der Waals surface area contributed by atoms with Gasteiger partial charge < -0.3 is 24.4 Å². The second-order valence-electron chi connectivity index (χ2n) is 12.7. The molecule has 1 aliphatic carbocycles. The van der Waals surface area contributed by atoms with Crippen LogP contribution in [0, 0.1) is 12.8 Å². The highest BCUT2D eigenvalue weighted by atomic mass is 16.4. The zero-order chi connectivity index (χ0) is 28.7. The van der Waals surface area contributed by atoms with Gasteiger partial charge in [0.1, 0.15) is 0 Å². The SMILES string of the molecule is Cc1ccc2c(c1)N(CCN1CCCC(C(=O)N(C)C)C1)CCn1c-2c(C2CCCCC2)c2ccc(C(=O)O)cc21. The van der Waals surface area contributed by atoms with Crippen molar-refractivity contribution in [1.82, 2.24) is 14.4 Å². The van der Waals surface area contributed by atoms with Gasteiger partial charge in [-0.1, -0.05) is 37.5 Å². The molecule has 41 heavy (non-hydrogen) atoms. The summed E-state index contributed by atoms with van der Waals surface area (Å²) in [5.74, 6) is -0.0439. The van der Waals surface area contributed by atoms with Gasteiger partial charge in [0.05, 0.1) is 17.2 Å². The molecule has 218 valence electrons. The molecule has 2 fully saturated rings. The lowest BCUT2D eigenvalue weighted by Gasteiger charge is -2.35. The van der Waals surface area contributed by atoms with Crippen LogP contribution in [-0.2, 0) is 11.3 Å². The summed E-state index contributed by atoms with van der Waals surface area (Å²) in [7, 11) is 3.72. The maximum absolute atomic E-state index is 12.7. The van der Waals surface area contributed by atoms with Gasteiger partial charge in [-0.3, -0.25) is 4.79 Å². The van der Waals surface area contributed by atoms with Crippen molar-refractivity contribution in [3.05, 3.63) is 53.1 Å². The first-order chi connectivity index (χ1) is 19.8. The van der Waals surface area contributed by atoms with Gasteiger partial charge >= 0.3 is 5.97 Å². The lowest BCUT2D eigenvalue weighted by Crippen LogP contribution is -2.45. The van der Waals surface area contributed by atoms with Crippen LogP contribution in [0.15, 0.2) is 36.4 Å². The first kappa shape index (κ1) is 27.8. The maximum atomic E-state index is 12.7. The number of carbonyl (C=O) groups is 2. The van der Waals surface area contributed by atoms with Gasteiger partial charge in [-0.25, -0.2) is 4.79 Å². The van der Waals surface area contributed by atoms with Crippen LogP contribution in [-0.4, -0.2) is 78.2 Å². The number of aryl methyl sites for hydroxylation is 1. The molecule has 1 amide bonds. The number of piperidine rings is 1. The number of carboxylic acid groups (broad SMARTS) is 1. The van der Waals surface area contributed by atoms with Crippen molar-refractivity contribution in [2.45, 2.75) is 64.3 Å². The van der Waals surface area contributed by atoms with Crippen molar-refractivity contribution < 1.29 is 14.7 Å². The standard InChI is InChI=1S/C34H44N4O3/c1-23-11-13-28-29(20-23)37(17-16-36-15-7-10-26(22-36)33(39)35(2)3)18-19-38-30-21-25(34(40)41)12-14-27(30)31(32(28)38)24-8-5-4-6-9-24/h11-14,20-21,24,26H,4-10,15-19,22H2,1-3H3,(H,40,41). The number of hydrogen-bond donors (Lipinski definition) is 1. The molecule has 7 nitrogen and oxygen atoms in total. The van der Waals surface area contributed by atoms with E-state index < -0.39 is 5.97 Å². The van der Waals surface area contributed by atoms with Crippen molar-refractivity contribution in [3.8, 4) is 11.3 Å². The van der Waals surface area contributed by atoms with Crippen LogP contribution in [0.2, 0.25) is 0 Å². The molecule has 0 spiro atoms. The number of nitrogens with zero attached hydrogens (tertiary/aromatic N) is 4. The Morgan fingerprint density at radius 1 is 0.927 bits per heavy atom. The number of carbonyl (C=O) groups excluding carboxylic acids is 1. The first-order valence-corrected chi connectivity index (χ1v) is 15.5. The van der Waals surface area contributed by atoms with Gasteiger partial charge in [-0.2, -0.15) is 0 Å². The van der Waals surface area contributed by atoms with E-state index in [1.54, 1.807) is 11.0 Å². The van der Waals surface area contributed by atoms with Crippen LogP contribution in [0.5, 0.6) is 0 Å². The van der Waals surface area contributed by atoms with E-state index in [4.69, 9.17) is 0 Å². The van der Waals surface area contributed by atoms with E-state index in [2.05, 4.69) is 45.6 Å². The fraction of sp³-hybridized carbons (Fsp3) is 0.529. The fourth-order valence-corrected chi connectivity index (χ4v) is 7.60. The summed E-state index contributed by atoms with van der Waals surface area (Å²) in [6.45, 7) is 7.56. The van der Waals surface area contributed by atoms with Crippen LogP contribution < -0.4 is 4.90 Å². The van der Waals surface area contributed by atoms with E-state index in [-0.39, 0.29) is 11.8 Å². The predicted molar refractivity (Wildman–Crippen MR) is 165 cm³/mol. The smallest absolute Gasteiger partial charge is 0.335 e. The van der Waals surface area contributed by atoms with Gasteiger partial charge in [-0.05, 0) is 74.4 Å². The molecule has 1 saturated carbocycles. The number of carboxylic acids is 1. The third-order valence-corrected chi connectivity index (χ3v) is 9.69. The minimum atomic E-state index is -0.875. The molecule has 1 unspecified atom stereocenters. The fourth-order valence-electron chi connectivity index (χ4n) is 7.60. The number of aromatic carboxylic acids is 1. The Morgan fingerprint density at radius 2 is 1.73 bits per heavy atom. The van der Waals surface area contributed by atoms with E-state index in [9.17, 15) is 14.7 Å². The molecule has 7 heteroatoms. The Labute approximate surface area is 243 Å². The second-order valence-corrected chi connectivity index (χ2v) is 12.7. The van der Waals surface area contributed by atoms with E-state index in [1.807, 2.05) is 20.2 Å². The second kappa shape index (κ2) is 11.5. The Morgan fingerprint density at radius 3 is 2.49 bits per heavy atom. The molecule has 1 saturated heterocycles. The third kappa shape index (κ3) is 5.36. The molecule has 3 heterocycles. The molecule has 2 aliphatic heterocycles. The number of anilines is 1. The highest BCUT2D eigenvalue weighted by molar-refractivity contribution is 5.99. The molecule has 0 bridgehead atoms. The zero-order valence-electron chi connectivity index (χ0n) is 24.9. The third-order valence-electron chi connectivity index (χ3n) is 9.69. The molecule has 0 radical (unpaired) electrons. The number of rotatable bonds is 6. The molecule has 1 atom stereocenters. The van der Waals surface area contributed by atoms with Gasteiger partial charge in [0.2, 0.25) is 5.91 Å². The quantitative estimate of drug-likeness (QED) is 0.404. The van der Waals surface area contributed by atoms with Gasteiger partial charge in [0.15, 0.2) is 0 Å². The largest absolute Gasteiger partial charge is 0.478 e. The van der Waals surface area contributed by atoms with Crippen LogP contribution in [0.4, 0.5) is 5.69 Å².